The van der Waals surface area contributed by atoms with Crippen LogP contribution in [0.15, 0.2) is 27.2 Å². The summed E-state index contributed by atoms with van der Waals surface area (Å²) in [5, 5.41) is 17.3. The highest BCUT2D eigenvalue weighted by molar-refractivity contribution is 9.10. The molecular weight excluding hydrogens is 372 g/mol. The number of amides is 1. The van der Waals surface area contributed by atoms with Gasteiger partial charge in [-0.05, 0) is 39.4 Å². The zero-order valence-electron chi connectivity index (χ0n) is 12.3. The number of nitrogens with one attached hydrogen (secondary N) is 1. The molecule has 0 aliphatic carbocycles. The monoisotopic (exact) mass is 386 g/mol. The topological polar surface area (TPSA) is 112 Å². The lowest BCUT2D eigenvalue weighted by atomic mass is 10.4. The molecule has 9 nitrogen and oxygen atoms in total. The van der Waals surface area contributed by atoms with Crippen molar-refractivity contribution in [1.82, 2.24) is 15.1 Å². The molecular formula is C13H15BrN4O5. The highest BCUT2D eigenvalue weighted by Gasteiger charge is 2.19. The number of carbonyl (C=O) groups is 1. The molecule has 10 heteroatoms. The molecule has 2 aromatic heterocycles. The molecule has 0 aliphatic rings. The number of hydrogen-bond acceptors (Lipinski definition) is 6. The number of hydrogen-bond donors (Lipinski definition) is 1. The van der Waals surface area contributed by atoms with Crippen LogP contribution >= 0.6 is 15.9 Å². The molecule has 23 heavy (non-hydrogen) atoms. The van der Waals surface area contributed by atoms with Gasteiger partial charge in [-0.1, -0.05) is 0 Å². The van der Waals surface area contributed by atoms with Crippen molar-refractivity contribution in [2.45, 2.75) is 13.0 Å². The Bertz CT molecular complexity index is 696. The molecule has 0 aliphatic heterocycles. The lowest BCUT2D eigenvalue weighted by Crippen LogP contribution is -2.24. The van der Waals surface area contributed by atoms with Gasteiger partial charge in [0.25, 0.3) is 5.91 Å². The van der Waals surface area contributed by atoms with Crippen LogP contribution in [0, 0.1) is 10.1 Å². The average Bonchev–Trinajstić information content (AvgIpc) is 3.10. The zero-order chi connectivity index (χ0) is 16.8. The van der Waals surface area contributed by atoms with Crippen LogP contribution in [0.3, 0.4) is 0 Å². The third-order valence-electron chi connectivity index (χ3n) is 2.89. The normalized spacial score (nSPS) is 10.7. The van der Waals surface area contributed by atoms with E-state index in [1.807, 2.05) is 0 Å². The largest absolute Gasteiger partial charge is 0.454 e. The second kappa shape index (κ2) is 7.88. The van der Waals surface area contributed by atoms with E-state index < -0.39 is 4.92 Å². The number of ether oxygens (including phenoxy) is 1. The van der Waals surface area contributed by atoms with Crippen LogP contribution in [0.1, 0.15) is 22.7 Å². The van der Waals surface area contributed by atoms with Gasteiger partial charge in [-0.2, -0.15) is 4.68 Å². The van der Waals surface area contributed by atoms with Crippen molar-refractivity contribution >= 4 is 27.7 Å². The van der Waals surface area contributed by atoms with Gasteiger partial charge in [0.05, 0.1) is 11.3 Å². The molecule has 2 rings (SSSR count). The van der Waals surface area contributed by atoms with E-state index in [4.69, 9.17) is 9.15 Å². The van der Waals surface area contributed by atoms with Crippen molar-refractivity contribution in [3.05, 3.63) is 44.4 Å². The molecule has 1 amide bonds. The molecule has 124 valence electrons. The number of halogens is 1. The van der Waals surface area contributed by atoms with Crippen molar-refractivity contribution < 1.29 is 18.9 Å². The zero-order valence-corrected chi connectivity index (χ0v) is 13.9. The molecule has 0 aromatic carbocycles. The van der Waals surface area contributed by atoms with Crippen LogP contribution in [0.5, 0.6) is 0 Å². The summed E-state index contributed by atoms with van der Waals surface area (Å²) in [6.45, 7) is 1.24. The van der Waals surface area contributed by atoms with E-state index in [-0.39, 0.29) is 28.5 Å². The molecule has 0 fully saturated rings. The van der Waals surface area contributed by atoms with Gasteiger partial charge < -0.3 is 24.6 Å². The van der Waals surface area contributed by atoms with E-state index in [0.717, 1.165) is 0 Å². The molecule has 0 atom stereocenters. The van der Waals surface area contributed by atoms with Crippen LogP contribution in [0.2, 0.25) is 0 Å². The third-order valence-corrected chi connectivity index (χ3v) is 3.45. The first-order chi connectivity index (χ1) is 11.0. The van der Waals surface area contributed by atoms with Gasteiger partial charge in [-0.15, -0.1) is 0 Å². The molecule has 0 spiro atoms. The number of nitro groups is 1. The molecule has 0 radical (unpaired) electrons. The molecule has 2 heterocycles. The summed E-state index contributed by atoms with van der Waals surface area (Å²) in [5.74, 6) is 0.0581. The SMILES string of the molecule is COCCCNC(=O)c1ccc(Cn2cc(Br)c([N+](=O)[O-])n2)o1. The summed E-state index contributed by atoms with van der Waals surface area (Å²) in [6.07, 6.45) is 2.19. The fourth-order valence-electron chi connectivity index (χ4n) is 1.84. The number of carbonyl (C=O) groups excluding carboxylic acids is 1. The number of methoxy groups -OCH3 is 1. The summed E-state index contributed by atoms with van der Waals surface area (Å²) in [5.41, 5.74) is 0. The van der Waals surface area contributed by atoms with Crippen LogP contribution < -0.4 is 5.32 Å². The van der Waals surface area contributed by atoms with Crippen LogP contribution in [0.25, 0.3) is 0 Å². The smallest absolute Gasteiger partial charge is 0.404 e. The molecule has 0 unspecified atom stereocenters. The number of aromatic nitrogens is 2. The Hall–Kier alpha value is -2.20. The maximum absolute atomic E-state index is 11.9. The van der Waals surface area contributed by atoms with Crippen molar-refractivity contribution in [3.63, 3.8) is 0 Å². The summed E-state index contributed by atoms with van der Waals surface area (Å²) < 4.78 is 12.0. The van der Waals surface area contributed by atoms with Crippen LogP contribution in [-0.2, 0) is 11.3 Å². The predicted octanol–water partition coefficient (Wildman–Crippen LogP) is 1.96. The number of furan rings is 1. The second-order valence-corrected chi connectivity index (χ2v) is 5.48. The maximum Gasteiger partial charge on any atom is 0.404 e. The standard InChI is InChI=1S/C13H15BrN4O5/c1-22-6-2-5-15-13(19)11-4-3-9(23-11)7-17-8-10(14)12(16-17)18(20)21/h3-4,8H,2,5-7H2,1H3,(H,15,19). The van der Waals surface area contributed by atoms with Crippen molar-refractivity contribution in [3.8, 4) is 0 Å². The first kappa shape index (κ1) is 17.2. The molecule has 0 saturated carbocycles. The summed E-state index contributed by atoms with van der Waals surface area (Å²) in [7, 11) is 1.60. The van der Waals surface area contributed by atoms with Gasteiger partial charge in [-0.3, -0.25) is 4.79 Å². The van der Waals surface area contributed by atoms with Crippen molar-refractivity contribution in [2.24, 2.45) is 0 Å². The van der Waals surface area contributed by atoms with Crippen LogP contribution in [0.4, 0.5) is 5.82 Å². The van der Waals surface area contributed by atoms with E-state index >= 15 is 0 Å². The first-order valence-corrected chi connectivity index (χ1v) is 7.53. The second-order valence-electron chi connectivity index (χ2n) is 4.62. The number of nitrogens with zero attached hydrogens (tertiary/aromatic N) is 3. The lowest BCUT2D eigenvalue weighted by Gasteiger charge is -2.02. The Morgan fingerprint density at radius 1 is 1.57 bits per heavy atom. The van der Waals surface area contributed by atoms with E-state index in [2.05, 4.69) is 26.3 Å². The van der Waals surface area contributed by atoms with Crippen LogP contribution in [-0.4, -0.2) is 40.9 Å². The highest BCUT2D eigenvalue weighted by Crippen LogP contribution is 2.22. The van der Waals surface area contributed by atoms with Gasteiger partial charge in [0.15, 0.2) is 5.76 Å². The Labute approximate surface area is 139 Å². The van der Waals surface area contributed by atoms with Gasteiger partial charge in [0, 0.05) is 20.3 Å². The summed E-state index contributed by atoms with van der Waals surface area (Å²) in [4.78, 5) is 22.0. The first-order valence-electron chi connectivity index (χ1n) is 6.74. The van der Waals surface area contributed by atoms with Crippen molar-refractivity contribution in [2.75, 3.05) is 20.3 Å². The Balaban J connectivity index is 1.95. The molecule has 0 saturated heterocycles. The van der Waals surface area contributed by atoms with Crippen molar-refractivity contribution in [1.29, 1.82) is 0 Å². The number of rotatable bonds is 8. The van der Waals surface area contributed by atoms with Gasteiger partial charge in [0.1, 0.15) is 16.8 Å². The average molecular weight is 387 g/mol. The predicted molar refractivity (Wildman–Crippen MR) is 83.2 cm³/mol. The Morgan fingerprint density at radius 3 is 3.00 bits per heavy atom. The van der Waals surface area contributed by atoms with E-state index in [0.29, 0.717) is 25.3 Å². The molecule has 2 aromatic rings. The highest BCUT2D eigenvalue weighted by atomic mass is 79.9. The van der Waals surface area contributed by atoms with Gasteiger partial charge in [-0.25, -0.2) is 0 Å². The minimum Gasteiger partial charge on any atom is -0.454 e. The third kappa shape index (κ3) is 4.63. The van der Waals surface area contributed by atoms with E-state index in [1.54, 1.807) is 19.2 Å². The Kier molecular flexibility index (Phi) is 5.88. The summed E-state index contributed by atoms with van der Waals surface area (Å²) in [6, 6.07) is 3.18. The lowest BCUT2D eigenvalue weighted by molar-refractivity contribution is -0.390. The summed E-state index contributed by atoms with van der Waals surface area (Å²) >= 11 is 3.07. The minimum atomic E-state index is -0.582. The minimum absolute atomic E-state index is 0.179. The van der Waals surface area contributed by atoms with E-state index in [1.165, 1.54) is 10.9 Å². The molecule has 1 N–H and O–H groups in total. The fraction of sp³-hybridized carbons (Fsp3) is 0.385. The van der Waals surface area contributed by atoms with Gasteiger partial charge >= 0.3 is 5.82 Å². The van der Waals surface area contributed by atoms with Gasteiger partial charge in [0.2, 0.25) is 0 Å². The molecule has 0 bridgehead atoms. The van der Waals surface area contributed by atoms with E-state index in [9.17, 15) is 14.9 Å². The fourth-order valence-corrected chi connectivity index (χ4v) is 2.30. The maximum atomic E-state index is 11.9. The Morgan fingerprint density at radius 2 is 2.35 bits per heavy atom. The quantitative estimate of drug-likeness (QED) is 0.421.